The molecule has 1 unspecified atom stereocenters. The molecule has 128 valence electrons. The fourth-order valence-corrected chi connectivity index (χ4v) is 3.24. The zero-order valence-corrected chi connectivity index (χ0v) is 14.7. The minimum absolute atomic E-state index is 0.00823. The summed E-state index contributed by atoms with van der Waals surface area (Å²) in [5, 5.41) is 13.9. The Bertz CT molecular complexity index is 513. The van der Waals surface area contributed by atoms with E-state index in [2.05, 4.69) is 19.2 Å². The topological polar surface area (TPSA) is 52.6 Å². The molecule has 1 atom stereocenters. The first kappa shape index (κ1) is 18.2. The van der Waals surface area contributed by atoms with E-state index in [9.17, 15) is 9.90 Å². The van der Waals surface area contributed by atoms with Crippen molar-refractivity contribution >= 4 is 17.5 Å². The first-order valence-electron chi connectivity index (χ1n) is 8.42. The smallest absolute Gasteiger partial charge is 0.255 e. The number of nitrogens with zero attached hydrogens (tertiary/aromatic N) is 1. The molecule has 1 aliphatic rings. The number of likely N-dealkylation sites (tertiary alicyclic amines) is 1. The van der Waals surface area contributed by atoms with Gasteiger partial charge in [-0.1, -0.05) is 37.6 Å². The Morgan fingerprint density at radius 2 is 2.00 bits per heavy atom. The summed E-state index contributed by atoms with van der Waals surface area (Å²) >= 11 is 6.11. The van der Waals surface area contributed by atoms with Crippen LogP contribution in [0.5, 0.6) is 0 Å². The molecule has 0 aliphatic carbocycles. The first-order valence-corrected chi connectivity index (χ1v) is 8.80. The number of hydrogen-bond acceptors (Lipinski definition) is 3. The van der Waals surface area contributed by atoms with Gasteiger partial charge in [-0.2, -0.15) is 0 Å². The predicted octanol–water partition coefficient (Wildman–Crippen LogP) is 2.94. The van der Waals surface area contributed by atoms with Gasteiger partial charge in [0.2, 0.25) is 0 Å². The van der Waals surface area contributed by atoms with Gasteiger partial charge in [-0.25, -0.2) is 0 Å². The number of piperidine rings is 1. The highest BCUT2D eigenvalue weighted by Gasteiger charge is 2.24. The monoisotopic (exact) mass is 338 g/mol. The lowest BCUT2D eigenvalue weighted by Crippen LogP contribution is -2.46. The second-order valence-electron chi connectivity index (χ2n) is 6.74. The molecular formula is C18H27ClN2O2. The van der Waals surface area contributed by atoms with Crippen molar-refractivity contribution in [3.05, 3.63) is 34.9 Å². The fraction of sp³-hybridized carbons (Fsp3) is 0.611. The SMILES string of the molecule is CC(C)CC(O)CNC1CCN(C(=O)c2ccccc2Cl)CC1. The Morgan fingerprint density at radius 1 is 1.35 bits per heavy atom. The maximum absolute atomic E-state index is 12.5. The normalized spacial score (nSPS) is 17.5. The van der Waals surface area contributed by atoms with Gasteiger partial charge in [0.15, 0.2) is 0 Å². The summed E-state index contributed by atoms with van der Waals surface area (Å²) in [6, 6.07) is 7.56. The van der Waals surface area contributed by atoms with Crippen molar-refractivity contribution in [3.63, 3.8) is 0 Å². The maximum atomic E-state index is 12.5. The van der Waals surface area contributed by atoms with Gasteiger partial charge in [0.05, 0.1) is 16.7 Å². The molecule has 1 aliphatic heterocycles. The molecular weight excluding hydrogens is 312 g/mol. The van der Waals surface area contributed by atoms with E-state index in [0.29, 0.717) is 29.1 Å². The molecule has 23 heavy (non-hydrogen) atoms. The number of benzene rings is 1. The number of nitrogens with one attached hydrogen (secondary N) is 1. The van der Waals surface area contributed by atoms with Crippen LogP contribution in [0.15, 0.2) is 24.3 Å². The Kier molecular flexibility index (Phi) is 6.88. The third-order valence-corrected chi connectivity index (χ3v) is 4.60. The highest BCUT2D eigenvalue weighted by Crippen LogP contribution is 2.20. The largest absolute Gasteiger partial charge is 0.392 e. The Balaban J connectivity index is 1.78. The third-order valence-electron chi connectivity index (χ3n) is 4.27. The van der Waals surface area contributed by atoms with Crippen LogP contribution in [0.25, 0.3) is 0 Å². The van der Waals surface area contributed by atoms with Crippen molar-refractivity contribution < 1.29 is 9.90 Å². The molecule has 5 heteroatoms. The van der Waals surface area contributed by atoms with E-state index in [1.165, 1.54) is 0 Å². The summed E-state index contributed by atoms with van der Waals surface area (Å²) in [6.07, 6.45) is 2.34. The van der Waals surface area contributed by atoms with Crippen molar-refractivity contribution in [1.82, 2.24) is 10.2 Å². The van der Waals surface area contributed by atoms with Crippen molar-refractivity contribution in [2.24, 2.45) is 5.92 Å². The van der Waals surface area contributed by atoms with Crippen molar-refractivity contribution in [1.29, 1.82) is 0 Å². The maximum Gasteiger partial charge on any atom is 0.255 e. The van der Waals surface area contributed by atoms with Crippen LogP contribution in [0, 0.1) is 5.92 Å². The van der Waals surface area contributed by atoms with E-state index >= 15 is 0 Å². The molecule has 0 spiro atoms. The summed E-state index contributed by atoms with van der Waals surface area (Å²) in [5.74, 6) is 0.510. The first-order chi connectivity index (χ1) is 11.0. The van der Waals surface area contributed by atoms with E-state index in [0.717, 1.165) is 32.4 Å². The zero-order valence-electron chi connectivity index (χ0n) is 14.0. The molecule has 1 amide bonds. The minimum atomic E-state index is -0.294. The van der Waals surface area contributed by atoms with Crippen LogP contribution >= 0.6 is 11.6 Å². The lowest BCUT2D eigenvalue weighted by atomic mass is 10.0. The Labute approximate surface area is 143 Å². The number of carbonyl (C=O) groups excluding carboxylic acids is 1. The molecule has 1 fully saturated rings. The quantitative estimate of drug-likeness (QED) is 0.838. The second-order valence-corrected chi connectivity index (χ2v) is 7.15. The Hall–Kier alpha value is -1.10. The number of aliphatic hydroxyl groups is 1. The molecule has 0 saturated carbocycles. The summed E-state index contributed by atoms with van der Waals surface area (Å²) in [4.78, 5) is 14.4. The van der Waals surface area contributed by atoms with Crippen LogP contribution in [0.4, 0.5) is 0 Å². The molecule has 1 heterocycles. The van der Waals surface area contributed by atoms with Crippen LogP contribution < -0.4 is 5.32 Å². The van der Waals surface area contributed by atoms with Gasteiger partial charge in [0.1, 0.15) is 0 Å². The van der Waals surface area contributed by atoms with E-state index in [4.69, 9.17) is 11.6 Å². The number of halogens is 1. The molecule has 2 N–H and O–H groups in total. The van der Waals surface area contributed by atoms with E-state index in [1.54, 1.807) is 12.1 Å². The zero-order chi connectivity index (χ0) is 16.8. The van der Waals surface area contributed by atoms with Crippen LogP contribution in [0.3, 0.4) is 0 Å². The highest BCUT2D eigenvalue weighted by molar-refractivity contribution is 6.33. The van der Waals surface area contributed by atoms with Crippen molar-refractivity contribution in [2.45, 2.75) is 45.3 Å². The number of hydrogen-bond donors (Lipinski definition) is 2. The van der Waals surface area contributed by atoms with Crippen molar-refractivity contribution in [3.8, 4) is 0 Å². The van der Waals surface area contributed by atoms with Gasteiger partial charge >= 0.3 is 0 Å². The fourth-order valence-electron chi connectivity index (χ4n) is 3.02. The lowest BCUT2D eigenvalue weighted by Gasteiger charge is -2.33. The number of rotatable bonds is 6. The summed E-state index contributed by atoms with van der Waals surface area (Å²) in [5.41, 5.74) is 0.577. The van der Waals surface area contributed by atoms with Gasteiger partial charge in [0, 0.05) is 25.7 Å². The molecule has 0 bridgehead atoms. The van der Waals surface area contributed by atoms with Gasteiger partial charge < -0.3 is 15.3 Å². The van der Waals surface area contributed by atoms with Gasteiger partial charge in [-0.05, 0) is 37.3 Å². The molecule has 1 aromatic rings. The molecule has 0 aromatic heterocycles. The predicted molar refractivity (Wildman–Crippen MR) is 93.8 cm³/mol. The average molecular weight is 339 g/mol. The van der Waals surface area contributed by atoms with E-state index in [-0.39, 0.29) is 12.0 Å². The number of aliphatic hydroxyl groups excluding tert-OH is 1. The third kappa shape index (κ3) is 5.48. The van der Waals surface area contributed by atoms with Crippen LogP contribution in [-0.2, 0) is 0 Å². The molecule has 1 saturated heterocycles. The lowest BCUT2D eigenvalue weighted by molar-refractivity contribution is 0.0695. The number of amides is 1. The second kappa shape index (κ2) is 8.67. The summed E-state index contributed by atoms with van der Waals surface area (Å²) in [7, 11) is 0. The average Bonchev–Trinajstić information content (AvgIpc) is 2.53. The van der Waals surface area contributed by atoms with Crippen LogP contribution in [0.1, 0.15) is 43.5 Å². The van der Waals surface area contributed by atoms with Gasteiger partial charge in [-0.3, -0.25) is 4.79 Å². The van der Waals surface area contributed by atoms with Crippen LogP contribution in [-0.4, -0.2) is 47.7 Å². The minimum Gasteiger partial charge on any atom is -0.392 e. The number of carbonyl (C=O) groups is 1. The van der Waals surface area contributed by atoms with E-state index < -0.39 is 0 Å². The Morgan fingerprint density at radius 3 is 2.61 bits per heavy atom. The van der Waals surface area contributed by atoms with Gasteiger partial charge in [-0.15, -0.1) is 0 Å². The van der Waals surface area contributed by atoms with Gasteiger partial charge in [0.25, 0.3) is 5.91 Å². The van der Waals surface area contributed by atoms with Crippen LogP contribution in [0.2, 0.25) is 5.02 Å². The molecule has 2 rings (SSSR count). The summed E-state index contributed by atoms with van der Waals surface area (Å²) < 4.78 is 0. The molecule has 4 nitrogen and oxygen atoms in total. The standard InChI is InChI=1S/C18H27ClN2O2/c1-13(2)11-15(22)12-20-14-7-9-21(10-8-14)18(23)16-5-3-4-6-17(16)19/h3-6,13-15,20,22H,7-12H2,1-2H3. The molecule has 1 aromatic carbocycles. The highest BCUT2D eigenvalue weighted by atomic mass is 35.5. The summed E-state index contributed by atoms with van der Waals surface area (Å²) in [6.45, 7) is 6.30. The van der Waals surface area contributed by atoms with Crippen molar-refractivity contribution in [2.75, 3.05) is 19.6 Å². The molecule has 0 radical (unpaired) electrons. The van der Waals surface area contributed by atoms with E-state index in [1.807, 2.05) is 17.0 Å².